The van der Waals surface area contributed by atoms with Crippen molar-refractivity contribution in [3.8, 4) is 0 Å². The molecule has 0 aliphatic heterocycles. The molecule has 0 spiro atoms. The van der Waals surface area contributed by atoms with Gasteiger partial charge in [0.15, 0.2) is 0 Å². The van der Waals surface area contributed by atoms with Crippen molar-refractivity contribution in [2.75, 3.05) is 0 Å². The normalized spacial score (nSPS) is 10.3. The van der Waals surface area contributed by atoms with Gasteiger partial charge in [0.2, 0.25) is 0 Å². The van der Waals surface area contributed by atoms with E-state index in [0.29, 0.717) is 24.3 Å². The summed E-state index contributed by atoms with van der Waals surface area (Å²) in [7, 11) is 0. The smallest absolute Gasteiger partial charge is 0.303 e. The Bertz CT molecular complexity index is 352. The van der Waals surface area contributed by atoms with Crippen LogP contribution in [0.2, 0.25) is 5.02 Å². The third kappa shape index (κ3) is 4.30. The summed E-state index contributed by atoms with van der Waals surface area (Å²) in [6.45, 7) is 0. The maximum atomic E-state index is 12.8. The van der Waals surface area contributed by atoms with Gasteiger partial charge < -0.3 is 5.11 Å². The van der Waals surface area contributed by atoms with Gasteiger partial charge in [-0.2, -0.15) is 0 Å². The standard InChI is InChI=1S/C11H12ClFO2/c12-10-6-5-9(13)7-8(10)3-1-2-4-11(14)15/h5-7H,1-4H2,(H,14,15). The summed E-state index contributed by atoms with van der Waals surface area (Å²) < 4.78 is 12.8. The Morgan fingerprint density at radius 3 is 2.80 bits per heavy atom. The van der Waals surface area contributed by atoms with Crippen molar-refractivity contribution < 1.29 is 14.3 Å². The lowest BCUT2D eigenvalue weighted by molar-refractivity contribution is -0.137. The summed E-state index contributed by atoms with van der Waals surface area (Å²) in [5.41, 5.74) is 0.738. The van der Waals surface area contributed by atoms with E-state index >= 15 is 0 Å². The van der Waals surface area contributed by atoms with Crippen molar-refractivity contribution >= 4 is 17.6 Å². The Labute approximate surface area is 92.7 Å². The largest absolute Gasteiger partial charge is 0.481 e. The zero-order chi connectivity index (χ0) is 11.3. The van der Waals surface area contributed by atoms with Crippen LogP contribution < -0.4 is 0 Å². The third-order valence-electron chi connectivity index (χ3n) is 2.09. The first-order valence-corrected chi connectivity index (χ1v) is 5.13. The average molecular weight is 231 g/mol. The predicted octanol–water partition coefficient (Wildman–Crippen LogP) is 3.28. The van der Waals surface area contributed by atoms with E-state index in [0.717, 1.165) is 5.56 Å². The molecule has 0 saturated carbocycles. The molecule has 0 radical (unpaired) electrons. The molecule has 15 heavy (non-hydrogen) atoms. The number of unbranched alkanes of at least 4 members (excludes halogenated alkanes) is 1. The molecule has 4 heteroatoms. The number of hydrogen-bond donors (Lipinski definition) is 1. The molecule has 1 aromatic carbocycles. The van der Waals surface area contributed by atoms with Crippen molar-refractivity contribution in [1.29, 1.82) is 0 Å². The van der Waals surface area contributed by atoms with Gasteiger partial charge in [-0.15, -0.1) is 0 Å². The molecule has 82 valence electrons. The number of hydrogen-bond acceptors (Lipinski definition) is 1. The van der Waals surface area contributed by atoms with E-state index in [9.17, 15) is 9.18 Å². The van der Waals surface area contributed by atoms with Crippen LogP contribution in [0.3, 0.4) is 0 Å². The molecule has 0 aromatic heterocycles. The first-order valence-electron chi connectivity index (χ1n) is 4.75. The fourth-order valence-electron chi connectivity index (χ4n) is 1.33. The number of carboxylic acid groups (broad SMARTS) is 1. The number of halogens is 2. The summed E-state index contributed by atoms with van der Waals surface area (Å²) in [5.74, 6) is -1.12. The van der Waals surface area contributed by atoms with E-state index in [1.54, 1.807) is 0 Å². The number of aryl methyl sites for hydroxylation is 1. The van der Waals surface area contributed by atoms with Crippen LogP contribution in [0.5, 0.6) is 0 Å². The van der Waals surface area contributed by atoms with Crippen LogP contribution in [-0.4, -0.2) is 11.1 Å². The van der Waals surface area contributed by atoms with Gasteiger partial charge in [-0.1, -0.05) is 11.6 Å². The highest BCUT2D eigenvalue weighted by Crippen LogP contribution is 2.19. The molecule has 0 aliphatic carbocycles. The summed E-state index contributed by atoms with van der Waals surface area (Å²) in [6.07, 6.45) is 2.05. The van der Waals surface area contributed by atoms with Crippen molar-refractivity contribution in [1.82, 2.24) is 0 Å². The van der Waals surface area contributed by atoms with Crippen molar-refractivity contribution in [3.05, 3.63) is 34.6 Å². The second-order valence-electron chi connectivity index (χ2n) is 3.34. The maximum absolute atomic E-state index is 12.8. The molecule has 0 amide bonds. The molecule has 0 unspecified atom stereocenters. The number of carbonyl (C=O) groups is 1. The van der Waals surface area contributed by atoms with Crippen LogP contribution >= 0.6 is 11.6 Å². The molecule has 1 N–H and O–H groups in total. The van der Waals surface area contributed by atoms with Crippen molar-refractivity contribution in [2.45, 2.75) is 25.7 Å². The second kappa shape index (κ2) is 5.71. The van der Waals surface area contributed by atoms with Gasteiger partial charge in [-0.05, 0) is 43.0 Å². The molecule has 2 nitrogen and oxygen atoms in total. The first-order chi connectivity index (χ1) is 7.09. The van der Waals surface area contributed by atoms with Gasteiger partial charge in [0.25, 0.3) is 0 Å². The molecule has 1 aromatic rings. The van der Waals surface area contributed by atoms with Crippen LogP contribution in [0.25, 0.3) is 0 Å². The minimum Gasteiger partial charge on any atom is -0.481 e. The highest BCUT2D eigenvalue weighted by Gasteiger charge is 2.03. The van der Waals surface area contributed by atoms with Crippen molar-refractivity contribution in [2.24, 2.45) is 0 Å². The van der Waals surface area contributed by atoms with Gasteiger partial charge >= 0.3 is 5.97 Å². The van der Waals surface area contributed by atoms with E-state index in [2.05, 4.69) is 0 Å². The third-order valence-corrected chi connectivity index (χ3v) is 2.46. The molecule has 0 fully saturated rings. The minimum absolute atomic E-state index is 0.146. The highest BCUT2D eigenvalue weighted by atomic mass is 35.5. The number of aliphatic carboxylic acids is 1. The first kappa shape index (κ1) is 12.0. The summed E-state index contributed by atoms with van der Waals surface area (Å²) in [4.78, 5) is 10.2. The van der Waals surface area contributed by atoms with E-state index in [1.165, 1.54) is 18.2 Å². The maximum Gasteiger partial charge on any atom is 0.303 e. The van der Waals surface area contributed by atoms with E-state index < -0.39 is 5.97 Å². The molecule has 0 heterocycles. The SMILES string of the molecule is O=C(O)CCCCc1cc(F)ccc1Cl. The van der Waals surface area contributed by atoms with Crippen LogP contribution in [0, 0.1) is 5.82 Å². The highest BCUT2D eigenvalue weighted by molar-refractivity contribution is 6.31. The summed E-state index contributed by atoms with van der Waals surface area (Å²) >= 11 is 5.85. The van der Waals surface area contributed by atoms with Gasteiger partial charge in [0.05, 0.1) is 0 Å². The summed E-state index contributed by atoms with van der Waals surface area (Å²) in [5, 5.41) is 8.96. The van der Waals surface area contributed by atoms with E-state index in [-0.39, 0.29) is 12.2 Å². The van der Waals surface area contributed by atoms with Crippen LogP contribution in [-0.2, 0) is 11.2 Å². The van der Waals surface area contributed by atoms with Crippen molar-refractivity contribution in [3.63, 3.8) is 0 Å². The lowest BCUT2D eigenvalue weighted by Gasteiger charge is -2.03. The Morgan fingerprint density at radius 2 is 2.13 bits per heavy atom. The molecule has 0 bridgehead atoms. The van der Waals surface area contributed by atoms with Crippen LogP contribution in [0.15, 0.2) is 18.2 Å². The average Bonchev–Trinajstić information content (AvgIpc) is 2.17. The zero-order valence-electron chi connectivity index (χ0n) is 8.17. The number of rotatable bonds is 5. The topological polar surface area (TPSA) is 37.3 Å². The quantitative estimate of drug-likeness (QED) is 0.789. The van der Waals surface area contributed by atoms with Gasteiger partial charge in [0, 0.05) is 11.4 Å². The monoisotopic (exact) mass is 230 g/mol. The van der Waals surface area contributed by atoms with Gasteiger partial charge in [-0.25, -0.2) is 4.39 Å². The second-order valence-corrected chi connectivity index (χ2v) is 3.74. The predicted molar refractivity (Wildman–Crippen MR) is 56.6 cm³/mol. The number of benzene rings is 1. The molecular formula is C11H12ClFO2. The Kier molecular flexibility index (Phi) is 4.56. The molecule has 1 rings (SSSR count). The molecule has 0 atom stereocenters. The lowest BCUT2D eigenvalue weighted by Crippen LogP contribution is -1.95. The van der Waals surface area contributed by atoms with Gasteiger partial charge in [-0.3, -0.25) is 4.79 Å². The lowest BCUT2D eigenvalue weighted by atomic mass is 10.1. The fourth-order valence-corrected chi connectivity index (χ4v) is 1.54. The molecular weight excluding hydrogens is 219 g/mol. The minimum atomic E-state index is -0.805. The van der Waals surface area contributed by atoms with Crippen LogP contribution in [0.1, 0.15) is 24.8 Å². The van der Waals surface area contributed by atoms with Crippen LogP contribution in [0.4, 0.5) is 4.39 Å². The Morgan fingerprint density at radius 1 is 1.40 bits per heavy atom. The molecule has 0 aliphatic rings. The van der Waals surface area contributed by atoms with Gasteiger partial charge in [0.1, 0.15) is 5.82 Å². The molecule has 0 saturated heterocycles. The van der Waals surface area contributed by atoms with E-state index in [4.69, 9.17) is 16.7 Å². The van der Waals surface area contributed by atoms with E-state index in [1.807, 2.05) is 0 Å². The Balaban J connectivity index is 2.43. The fraction of sp³-hybridized carbons (Fsp3) is 0.364. The number of carboxylic acids is 1. The summed E-state index contributed by atoms with van der Waals surface area (Å²) in [6, 6.07) is 4.22. The Hall–Kier alpha value is -1.09. The zero-order valence-corrected chi connectivity index (χ0v) is 8.93.